The monoisotopic (exact) mass is 387 g/mol. The first-order chi connectivity index (χ1) is 13.1. The fraction of sp³-hybridized carbons (Fsp3) is 0.455. The largest absolute Gasteiger partial charge is 0.359 e. The van der Waals surface area contributed by atoms with E-state index in [0.717, 1.165) is 48.1 Å². The van der Waals surface area contributed by atoms with Gasteiger partial charge in [0, 0.05) is 0 Å². The highest BCUT2D eigenvalue weighted by atomic mass is 31.2. The van der Waals surface area contributed by atoms with Crippen LogP contribution in [-0.2, 0) is 18.9 Å². The summed E-state index contributed by atoms with van der Waals surface area (Å²) in [5.74, 6) is 0. The zero-order valence-electron chi connectivity index (χ0n) is 16.5. The molecule has 4 nitrogen and oxygen atoms in total. The van der Waals surface area contributed by atoms with Crippen molar-refractivity contribution in [2.24, 2.45) is 0 Å². The van der Waals surface area contributed by atoms with E-state index in [4.69, 9.17) is 9.05 Å². The van der Waals surface area contributed by atoms with Gasteiger partial charge in [0.15, 0.2) is 5.28 Å². The molecule has 0 atom stereocenters. The summed E-state index contributed by atoms with van der Waals surface area (Å²) in [6, 6.07) is 16.3. The molecule has 3 rings (SSSR count). The Bertz CT molecular complexity index is 765. The topological polar surface area (TPSA) is 47.6 Å². The predicted molar refractivity (Wildman–Crippen MR) is 111 cm³/mol. The number of unbranched alkanes of at least 4 members (excludes halogenated alkanes) is 2. The Morgan fingerprint density at radius 2 is 1.37 bits per heavy atom. The lowest BCUT2D eigenvalue weighted by Crippen LogP contribution is -2.43. The number of nitrogens with one attached hydrogen (secondary N) is 1. The van der Waals surface area contributed by atoms with Crippen LogP contribution in [-0.4, -0.2) is 19.8 Å². The normalized spacial score (nSPS) is 14.8. The van der Waals surface area contributed by atoms with Crippen LogP contribution in [0.5, 0.6) is 0 Å². The quantitative estimate of drug-likeness (QED) is 0.406. The molecule has 0 radical (unpaired) electrons. The second-order valence-corrected chi connectivity index (χ2v) is 8.95. The number of hydrogen-bond donors (Lipinski definition) is 1. The minimum Gasteiger partial charge on any atom is -0.307 e. The Morgan fingerprint density at radius 1 is 0.852 bits per heavy atom. The average molecular weight is 387 g/mol. The lowest BCUT2D eigenvalue weighted by Gasteiger charge is -2.38. The highest BCUT2D eigenvalue weighted by Crippen LogP contribution is 2.70. The van der Waals surface area contributed by atoms with Crippen molar-refractivity contribution in [3.63, 3.8) is 0 Å². The van der Waals surface area contributed by atoms with Crippen molar-refractivity contribution in [2.45, 2.75) is 45.3 Å². The summed E-state index contributed by atoms with van der Waals surface area (Å²) in [6.45, 7) is 7.33. The molecule has 0 saturated carbocycles. The van der Waals surface area contributed by atoms with E-state index >= 15 is 0 Å². The van der Waals surface area contributed by atoms with Crippen molar-refractivity contribution in [3.05, 3.63) is 59.7 Å². The molecule has 146 valence electrons. The van der Waals surface area contributed by atoms with Crippen molar-refractivity contribution >= 4 is 7.60 Å². The van der Waals surface area contributed by atoms with Crippen LogP contribution in [0.2, 0.25) is 0 Å². The third kappa shape index (κ3) is 3.40. The van der Waals surface area contributed by atoms with Crippen LogP contribution in [0.4, 0.5) is 0 Å². The lowest BCUT2D eigenvalue weighted by molar-refractivity contribution is 0.194. The van der Waals surface area contributed by atoms with Crippen molar-refractivity contribution in [1.82, 2.24) is 5.32 Å². The first-order valence-corrected chi connectivity index (χ1v) is 11.5. The molecule has 5 heteroatoms. The average Bonchev–Trinajstić information content (AvgIpc) is 2.97. The molecule has 0 aromatic heterocycles. The van der Waals surface area contributed by atoms with Crippen LogP contribution in [0.1, 0.15) is 51.2 Å². The third-order valence-corrected chi connectivity index (χ3v) is 7.75. The zero-order chi connectivity index (χ0) is 19.3. The van der Waals surface area contributed by atoms with Crippen molar-refractivity contribution in [3.8, 4) is 11.1 Å². The van der Waals surface area contributed by atoms with Gasteiger partial charge in [-0.25, -0.2) is 0 Å². The molecule has 0 fully saturated rings. The van der Waals surface area contributed by atoms with Gasteiger partial charge in [-0.1, -0.05) is 68.3 Å². The molecular weight excluding hydrogens is 357 g/mol. The molecule has 0 bridgehead atoms. The minimum atomic E-state index is -3.52. The Hall–Kier alpha value is -1.45. The van der Waals surface area contributed by atoms with E-state index in [9.17, 15) is 4.57 Å². The van der Waals surface area contributed by atoms with Gasteiger partial charge in [0.25, 0.3) is 0 Å². The number of rotatable bonds is 10. The van der Waals surface area contributed by atoms with E-state index in [0.29, 0.717) is 13.2 Å². The molecule has 1 aliphatic rings. The molecule has 1 aliphatic carbocycles. The molecule has 2 aromatic carbocycles. The molecular formula is C22H30NO3P. The van der Waals surface area contributed by atoms with E-state index in [2.05, 4.69) is 24.4 Å². The van der Waals surface area contributed by atoms with E-state index < -0.39 is 12.9 Å². The van der Waals surface area contributed by atoms with Gasteiger partial charge in [0.2, 0.25) is 0 Å². The Kier molecular flexibility index (Phi) is 6.54. The van der Waals surface area contributed by atoms with E-state index in [1.807, 2.05) is 50.2 Å². The first-order valence-electron chi connectivity index (χ1n) is 9.98. The van der Waals surface area contributed by atoms with E-state index in [-0.39, 0.29) is 0 Å². The van der Waals surface area contributed by atoms with Gasteiger partial charge < -0.3 is 9.05 Å². The number of fused-ring (bicyclic) bond motifs is 3. The standard InChI is InChI=1S/C22H30NO3P/c1-4-7-12-17-23-22(27(24,25-5-2)26-6-3)20-15-10-8-13-18(20)19-14-9-11-16-21(19)22/h8-11,13-16,23H,4-7,12,17H2,1-3H3. The van der Waals surface area contributed by atoms with Gasteiger partial charge in [-0.15, -0.1) is 0 Å². The van der Waals surface area contributed by atoms with Crippen LogP contribution in [0.25, 0.3) is 11.1 Å². The van der Waals surface area contributed by atoms with Gasteiger partial charge in [-0.3, -0.25) is 9.88 Å². The Labute approximate surface area is 162 Å². The molecule has 0 unspecified atom stereocenters. The van der Waals surface area contributed by atoms with Crippen molar-refractivity contribution < 1.29 is 13.6 Å². The second-order valence-electron chi connectivity index (χ2n) is 6.77. The van der Waals surface area contributed by atoms with Crippen LogP contribution in [0, 0.1) is 0 Å². The van der Waals surface area contributed by atoms with Crippen LogP contribution in [0.3, 0.4) is 0 Å². The lowest BCUT2D eigenvalue weighted by atomic mass is 10.0. The molecule has 0 aliphatic heterocycles. The fourth-order valence-electron chi connectivity index (χ4n) is 4.01. The summed E-state index contributed by atoms with van der Waals surface area (Å²) in [5.41, 5.74) is 4.15. The predicted octanol–water partition coefficient (Wildman–Crippen LogP) is 5.91. The van der Waals surface area contributed by atoms with Gasteiger partial charge in [-0.2, -0.15) is 0 Å². The zero-order valence-corrected chi connectivity index (χ0v) is 17.4. The second kappa shape index (κ2) is 8.70. The SMILES string of the molecule is CCCCCNC1(P(=O)(OCC)OCC)c2ccccc2-c2ccccc21. The summed E-state index contributed by atoms with van der Waals surface area (Å²) < 4.78 is 26.0. The minimum absolute atomic E-state index is 0.333. The van der Waals surface area contributed by atoms with E-state index in [1.165, 1.54) is 0 Å². The molecule has 1 N–H and O–H groups in total. The number of benzene rings is 2. The van der Waals surface area contributed by atoms with Crippen molar-refractivity contribution in [1.29, 1.82) is 0 Å². The summed E-state index contributed by atoms with van der Waals surface area (Å²) >= 11 is 0. The smallest absolute Gasteiger partial charge is 0.307 e. The summed E-state index contributed by atoms with van der Waals surface area (Å²) in [5, 5.41) is 2.67. The highest BCUT2D eigenvalue weighted by Gasteiger charge is 2.58. The Balaban J connectivity index is 2.22. The maximum atomic E-state index is 14.2. The van der Waals surface area contributed by atoms with E-state index in [1.54, 1.807) is 0 Å². The Morgan fingerprint density at radius 3 is 1.85 bits per heavy atom. The summed E-state index contributed by atoms with van der Waals surface area (Å²) in [7, 11) is -3.52. The van der Waals surface area contributed by atoms with Crippen LogP contribution < -0.4 is 5.32 Å². The van der Waals surface area contributed by atoms with Crippen LogP contribution in [0.15, 0.2) is 48.5 Å². The van der Waals surface area contributed by atoms with Gasteiger partial charge in [-0.05, 0) is 49.1 Å². The van der Waals surface area contributed by atoms with Gasteiger partial charge >= 0.3 is 7.60 Å². The van der Waals surface area contributed by atoms with Crippen molar-refractivity contribution in [2.75, 3.05) is 19.8 Å². The molecule has 0 spiro atoms. The maximum absolute atomic E-state index is 14.2. The summed E-state index contributed by atoms with van der Waals surface area (Å²) in [4.78, 5) is 0. The third-order valence-electron chi connectivity index (χ3n) is 5.09. The van der Waals surface area contributed by atoms with Gasteiger partial charge in [0.1, 0.15) is 0 Å². The number of hydrogen-bond acceptors (Lipinski definition) is 4. The fourth-order valence-corrected chi connectivity index (χ4v) is 6.44. The maximum Gasteiger partial charge on any atom is 0.359 e. The molecule has 27 heavy (non-hydrogen) atoms. The van der Waals surface area contributed by atoms with Gasteiger partial charge in [0.05, 0.1) is 13.2 Å². The summed E-state index contributed by atoms with van der Waals surface area (Å²) in [6.07, 6.45) is 3.28. The molecule has 2 aromatic rings. The molecule has 0 heterocycles. The first kappa shape index (κ1) is 20.3. The van der Waals surface area contributed by atoms with Crippen LogP contribution >= 0.6 is 7.60 Å². The molecule has 0 saturated heterocycles. The molecule has 0 amide bonds. The highest BCUT2D eigenvalue weighted by molar-refractivity contribution is 7.55.